The lowest BCUT2D eigenvalue weighted by Gasteiger charge is -1.81. The smallest absolute Gasteiger partial charge is 0.311 e. The van der Waals surface area contributed by atoms with Gasteiger partial charge in [0.15, 0.2) is 0 Å². The molecule has 1 aromatic heterocycles. The molecule has 0 saturated heterocycles. The van der Waals surface area contributed by atoms with Crippen molar-refractivity contribution in [1.29, 1.82) is 0 Å². The van der Waals surface area contributed by atoms with Crippen molar-refractivity contribution in [1.82, 2.24) is 9.97 Å². The molecule has 0 spiro atoms. The van der Waals surface area contributed by atoms with Gasteiger partial charge in [0.2, 0.25) is 5.82 Å². The van der Waals surface area contributed by atoms with Gasteiger partial charge in [-0.25, -0.2) is 4.79 Å². The van der Waals surface area contributed by atoms with Gasteiger partial charge in [0, 0.05) is 6.20 Å². The molecule has 0 aromatic carbocycles. The Balaban J connectivity index is 0.000000292. The van der Waals surface area contributed by atoms with E-state index in [1.54, 1.807) is 4.98 Å². The van der Waals surface area contributed by atoms with E-state index in [0.717, 1.165) is 0 Å². The highest BCUT2D eigenvalue weighted by molar-refractivity contribution is 7.79. The quantitative estimate of drug-likeness (QED) is 0.400. The number of hydrogen-bond acceptors (Lipinski definition) is 4. The van der Waals surface area contributed by atoms with E-state index >= 15 is 0 Å². The molecule has 0 saturated carbocycles. The van der Waals surface area contributed by atoms with Gasteiger partial charge in [-0.05, 0) is 0 Å². The minimum absolute atomic E-state index is 0.707. The number of rotatable bonds is 0. The molecule has 0 atom stereocenters. The van der Waals surface area contributed by atoms with Crippen LogP contribution in [0.5, 0.6) is 0 Å². The van der Waals surface area contributed by atoms with Crippen LogP contribution in [0.1, 0.15) is 0 Å². The average molecular weight is 228 g/mol. The first-order chi connectivity index (χ1) is 6.20. The second kappa shape index (κ2) is 4.64. The number of nitrogens with one attached hydrogen (secondary N) is 2. The van der Waals surface area contributed by atoms with E-state index in [9.17, 15) is 14.0 Å². The monoisotopic (exact) mass is 228 g/mol. The Morgan fingerprint density at radius 3 is 2.00 bits per heavy atom. The Morgan fingerprint density at radius 2 is 1.71 bits per heavy atom. The van der Waals surface area contributed by atoms with Crippen molar-refractivity contribution in [2.24, 2.45) is 0 Å². The number of aromatic amines is 2. The summed E-state index contributed by atoms with van der Waals surface area (Å²) in [5.41, 5.74) is -1.71. The Hall–Kier alpha value is -1.52. The van der Waals surface area contributed by atoms with Crippen molar-refractivity contribution in [3.05, 3.63) is 32.9 Å². The van der Waals surface area contributed by atoms with Crippen LogP contribution < -0.4 is 11.2 Å². The Kier molecular flexibility index (Phi) is 4.14. The fourth-order valence-corrected chi connectivity index (χ4v) is 0.393. The van der Waals surface area contributed by atoms with Crippen molar-refractivity contribution in [3.8, 4) is 0 Å². The maximum absolute atomic E-state index is 12.0. The van der Waals surface area contributed by atoms with Gasteiger partial charge in [0.05, 0.1) is 0 Å². The van der Waals surface area contributed by atoms with Crippen LogP contribution in [0.15, 0.2) is 15.8 Å². The summed E-state index contributed by atoms with van der Waals surface area (Å²) in [6, 6.07) is 0. The molecule has 0 aliphatic rings. The molecular formula is C4H5FN2O6S. The fraction of sp³-hybridized carbons (Fsp3) is 0. The van der Waals surface area contributed by atoms with Crippen LogP contribution in [0.3, 0.4) is 0 Å². The van der Waals surface area contributed by atoms with E-state index in [2.05, 4.69) is 0 Å². The van der Waals surface area contributed by atoms with E-state index < -0.39 is 27.5 Å². The number of H-pyrrole nitrogens is 2. The highest BCUT2D eigenvalue weighted by Gasteiger charge is 1.93. The van der Waals surface area contributed by atoms with E-state index in [4.69, 9.17) is 17.5 Å². The summed E-state index contributed by atoms with van der Waals surface area (Å²) in [5.74, 6) is -0.991. The van der Waals surface area contributed by atoms with Crippen LogP contribution in [0.4, 0.5) is 4.39 Å². The summed E-state index contributed by atoms with van der Waals surface area (Å²) < 4.78 is 43.6. The van der Waals surface area contributed by atoms with Gasteiger partial charge in [-0.2, -0.15) is 12.8 Å². The molecule has 1 rings (SSSR count). The van der Waals surface area contributed by atoms with Crippen LogP contribution in [0.25, 0.3) is 0 Å². The molecule has 0 aliphatic heterocycles. The van der Waals surface area contributed by atoms with Crippen molar-refractivity contribution < 1.29 is 21.9 Å². The summed E-state index contributed by atoms with van der Waals surface area (Å²) in [5, 5.41) is 0. The molecule has 1 heterocycles. The molecule has 80 valence electrons. The van der Waals surface area contributed by atoms with Gasteiger partial charge in [-0.15, -0.1) is 0 Å². The molecule has 1 aromatic rings. The third-order valence-electron chi connectivity index (χ3n) is 0.774. The zero-order valence-corrected chi connectivity index (χ0v) is 7.21. The molecule has 0 unspecified atom stereocenters. The fourth-order valence-electron chi connectivity index (χ4n) is 0.393. The molecule has 0 bridgehead atoms. The lowest BCUT2D eigenvalue weighted by atomic mass is 10.6. The van der Waals surface area contributed by atoms with Gasteiger partial charge in [-0.1, -0.05) is 0 Å². The van der Waals surface area contributed by atoms with Gasteiger partial charge in [-0.3, -0.25) is 18.9 Å². The zero-order valence-electron chi connectivity index (χ0n) is 6.39. The molecule has 0 aliphatic carbocycles. The standard InChI is InChI=1S/C4H3FN2O2.H2O4S/c5-2-1-6-4(9)7-3(2)8;1-5(2,3)4/h1H,(H2,6,7,8,9);(H2,1,2,3,4). The Bertz CT molecular complexity index is 493. The van der Waals surface area contributed by atoms with Gasteiger partial charge in [0.25, 0.3) is 5.56 Å². The third-order valence-corrected chi connectivity index (χ3v) is 0.774. The lowest BCUT2D eigenvalue weighted by Crippen LogP contribution is -2.23. The molecule has 10 heteroatoms. The average Bonchev–Trinajstić information content (AvgIpc) is 1.94. The van der Waals surface area contributed by atoms with E-state index in [1.165, 1.54) is 0 Å². The van der Waals surface area contributed by atoms with Gasteiger partial charge < -0.3 is 4.98 Å². The maximum atomic E-state index is 12.0. The van der Waals surface area contributed by atoms with Crippen molar-refractivity contribution in [2.75, 3.05) is 0 Å². The first-order valence-corrected chi connectivity index (χ1v) is 4.27. The van der Waals surface area contributed by atoms with Crippen LogP contribution in [-0.2, 0) is 10.4 Å². The van der Waals surface area contributed by atoms with E-state index in [-0.39, 0.29) is 0 Å². The zero-order chi connectivity index (χ0) is 11.4. The Morgan fingerprint density at radius 1 is 1.29 bits per heavy atom. The van der Waals surface area contributed by atoms with Crippen molar-refractivity contribution in [3.63, 3.8) is 0 Å². The van der Waals surface area contributed by atoms with Crippen molar-refractivity contribution in [2.45, 2.75) is 0 Å². The first-order valence-electron chi connectivity index (χ1n) is 2.87. The number of aromatic nitrogens is 2. The van der Waals surface area contributed by atoms with Crippen LogP contribution in [-0.4, -0.2) is 27.5 Å². The summed E-state index contributed by atoms with van der Waals surface area (Å²) in [4.78, 5) is 24.0. The molecule has 8 nitrogen and oxygen atoms in total. The minimum atomic E-state index is -4.67. The third kappa shape index (κ3) is 7.15. The van der Waals surface area contributed by atoms with Gasteiger partial charge >= 0.3 is 16.1 Å². The molecular weight excluding hydrogens is 223 g/mol. The SMILES string of the molecule is O=S(=O)(O)O.O=c1[nH]cc(F)c(=O)[nH]1. The predicted octanol–water partition coefficient (Wildman–Crippen LogP) is -1.45. The second-order valence-corrected chi connectivity index (χ2v) is 2.76. The second-order valence-electron chi connectivity index (χ2n) is 1.87. The van der Waals surface area contributed by atoms with Crippen LogP contribution >= 0.6 is 0 Å². The summed E-state index contributed by atoms with van der Waals surface area (Å²) in [6.45, 7) is 0. The first kappa shape index (κ1) is 12.5. The Labute approximate surface area is 76.0 Å². The summed E-state index contributed by atoms with van der Waals surface area (Å²) in [7, 11) is -4.67. The highest BCUT2D eigenvalue weighted by atomic mass is 32.3. The summed E-state index contributed by atoms with van der Waals surface area (Å²) in [6.07, 6.45) is 0.709. The highest BCUT2D eigenvalue weighted by Crippen LogP contribution is 1.74. The van der Waals surface area contributed by atoms with Crippen LogP contribution in [0, 0.1) is 5.82 Å². The molecule has 0 amide bonds. The number of halogens is 1. The normalized spacial score (nSPS) is 10.2. The van der Waals surface area contributed by atoms with Crippen LogP contribution in [0.2, 0.25) is 0 Å². The number of hydrogen-bond donors (Lipinski definition) is 4. The molecule has 0 fully saturated rings. The summed E-state index contributed by atoms with van der Waals surface area (Å²) >= 11 is 0. The topological polar surface area (TPSA) is 140 Å². The van der Waals surface area contributed by atoms with E-state index in [0.29, 0.717) is 6.20 Å². The largest absolute Gasteiger partial charge is 0.394 e. The molecule has 4 N–H and O–H groups in total. The molecule has 14 heavy (non-hydrogen) atoms. The molecule has 0 radical (unpaired) electrons. The van der Waals surface area contributed by atoms with E-state index in [1.807, 2.05) is 4.98 Å². The van der Waals surface area contributed by atoms with Gasteiger partial charge in [0.1, 0.15) is 0 Å². The predicted molar refractivity (Wildman–Crippen MR) is 41.8 cm³/mol. The lowest BCUT2D eigenvalue weighted by molar-refractivity contribution is 0.381. The van der Waals surface area contributed by atoms with Crippen molar-refractivity contribution >= 4 is 10.4 Å². The maximum Gasteiger partial charge on any atom is 0.394 e. The minimum Gasteiger partial charge on any atom is -0.311 e.